The van der Waals surface area contributed by atoms with Crippen LogP contribution in [0.5, 0.6) is 0 Å². The number of carbonyl (C=O) groups excluding carboxylic acids is 1. The van der Waals surface area contributed by atoms with Gasteiger partial charge in [0.1, 0.15) is 17.9 Å². The summed E-state index contributed by atoms with van der Waals surface area (Å²) in [5, 5.41) is 4.65. The zero-order valence-corrected chi connectivity index (χ0v) is 12.4. The first-order valence-corrected chi connectivity index (χ1v) is 7.62. The fourth-order valence-electron chi connectivity index (χ4n) is 2.67. The average Bonchev–Trinajstić information content (AvgIpc) is 3.03. The molecule has 0 radical (unpaired) electrons. The zero-order valence-electron chi connectivity index (χ0n) is 11.5. The first-order chi connectivity index (χ1) is 9.65. The van der Waals surface area contributed by atoms with Gasteiger partial charge < -0.3 is 14.8 Å². The van der Waals surface area contributed by atoms with Gasteiger partial charge >= 0.3 is 5.97 Å². The minimum absolute atomic E-state index is 0.00526. The molecular weight excluding hydrogens is 276 g/mol. The lowest BCUT2D eigenvalue weighted by molar-refractivity contribution is -0.142. The van der Waals surface area contributed by atoms with Crippen molar-refractivity contribution in [3.8, 4) is 0 Å². The van der Waals surface area contributed by atoms with Gasteiger partial charge in [-0.2, -0.15) is 0 Å². The standard InChI is InChI=1S/C14H18N2O3S/c1-8-16-11-5-9(3-4-13(11)20-8)19-10-6-12(15-7-10)14(17)18-2/h3-5,10-13,15H,6-7H2,1-2H3/t10-,11-,12-,13-/m0/s1. The van der Waals surface area contributed by atoms with Crippen LogP contribution in [0.2, 0.25) is 0 Å². The summed E-state index contributed by atoms with van der Waals surface area (Å²) in [4.78, 5) is 16.0. The summed E-state index contributed by atoms with van der Waals surface area (Å²) in [6.45, 7) is 2.70. The monoisotopic (exact) mass is 294 g/mol. The predicted molar refractivity (Wildman–Crippen MR) is 78.8 cm³/mol. The molecule has 1 fully saturated rings. The molecule has 0 spiro atoms. The van der Waals surface area contributed by atoms with E-state index >= 15 is 0 Å². The number of esters is 1. The second-order valence-corrected chi connectivity index (χ2v) is 6.48. The summed E-state index contributed by atoms with van der Waals surface area (Å²) in [5.41, 5.74) is 0. The van der Waals surface area contributed by atoms with Crippen LogP contribution in [0.25, 0.3) is 0 Å². The van der Waals surface area contributed by atoms with Crippen molar-refractivity contribution in [2.75, 3.05) is 13.7 Å². The van der Waals surface area contributed by atoms with Crippen LogP contribution in [0.4, 0.5) is 0 Å². The Labute approximate surface area is 122 Å². The lowest BCUT2D eigenvalue weighted by atomic mass is 10.1. The van der Waals surface area contributed by atoms with Crippen molar-refractivity contribution in [1.29, 1.82) is 0 Å². The molecule has 1 N–H and O–H groups in total. The van der Waals surface area contributed by atoms with Gasteiger partial charge in [0.2, 0.25) is 0 Å². The van der Waals surface area contributed by atoms with E-state index in [2.05, 4.69) is 22.5 Å². The van der Waals surface area contributed by atoms with Crippen LogP contribution in [0, 0.1) is 0 Å². The Morgan fingerprint density at radius 2 is 2.40 bits per heavy atom. The molecule has 4 atom stereocenters. The largest absolute Gasteiger partial charge is 0.489 e. The normalized spacial score (nSPS) is 35.3. The minimum Gasteiger partial charge on any atom is -0.489 e. The van der Waals surface area contributed by atoms with Crippen molar-refractivity contribution in [1.82, 2.24) is 5.32 Å². The number of allylic oxidation sites excluding steroid dienone is 1. The first-order valence-electron chi connectivity index (χ1n) is 6.74. The number of methoxy groups -OCH3 is 1. The lowest BCUT2D eigenvalue weighted by Crippen LogP contribution is -2.31. The van der Waals surface area contributed by atoms with Crippen molar-refractivity contribution >= 4 is 22.8 Å². The van der Waals surface area contributed by atoms with Gasteiger partial charge in [-0.3, -0.25) is 9.79 Å². The van der Waals surface area contributed by atoms with Crippen LogP contribution in [-0.2, 0) is 14.3 Å². The third-order valence-corrected chi connectivity index (χ3v) is 4.79. The Balaban J connectivity index is 1.58. The van der Waals surface area contributed by atoms with Gasteiger partial charge in [0.25, 0.3) is 0 Å². The quantitative estimate of drug-likeness (QED) is 0.794. The van der Waals surface area contributed by atoms with Crippen LogP contribution in [-0.4, -0.2) is 48.1 Å². The minimum atomic E-state index is -0.256. The van der Waals surface area contributed by atoms with E-state index in [0.29, 0.717) is 18.2 Å². The molecule has 2 heterocycles. The van der Waals surface area contributed by atoms with E-state index in [9.17, 15) is 4.79 Å². The topological polar surface area (TPSA) is 59.9 Å². The number of fused-ring (bicyclic) bond motifs is 1. The van der Waals surface area contributed by atoms with Crippen LogP contribution >= 0.6 is 11.8 Å². The van der Waals surface area contributed by atoms with E-state index in [-0.39, 0.29) is 24.2 Å². The van der Waals surface area contributed by atoms with E-state index in [1.54, 1.807) is 11.8 Å². The Hall–Kier alpha value is -1.27. The highest BCUT2D eigenvalue weighted by Gasteiger charge is 2.33. The molecule has 1 aliphatic carbocycles. The van der Waals surface area contributed by atoms with Crippen molar-refractivity contribution in [3.63, 3.8) is 0 Å². The van der Waals surface area contributed by atoms with Gasteiger partial charge in [-0.1, -0.05) is 6.08 Å². The van der Waals surface area contributed by atoms with Gasteiger partial charge in [-0.25, -0.2) is 0 Å². The number of hydrogen-bond acceptors (Lipinski definition) is 6. The molecule has 1 saturated heterocycles. The van der Waals surface area contributed by atoms with Gasteiger partial charge in [0.05, 0.1) is 23.4 Å². The van der Waals surface area contributed by atoms with Crippen LogP contribution in [0.3, 0.4) is 0 Å². The van der Waals surface area contributed by atoms with Crippen molar-refractivity contribution < 1.29 is 14.3 Å². The maximum Gasteiger partial charge on any atom is 0.323 e. The second kappa shape index (κ2) is 5.61. The molecule has 0 bridgehead atoms. The highest BCUT2D eigenvalue weighted by Crippen LogP contribution is 2.33. The Morgan fingerprint density at radius 1 is 1.55 bits per heavy atom. The first kappa shape index (κ1) is 13.7. The maximum absolute atomic E-state index is 11.4. The number of hydrogen-bond donors (Lipinski definition) is 1. The Morgan fingerprint density at radius 3 is 3.20 bits per heavy atom. The molecule has 0 unspecified atom stereocenters. The molecule has 3 aliphatic rings. The Kier molecular flexibility index (Phi) is 3.85. The fourth-order valence-corrected chi connectivity index (χ4v) is 3.68. The second-order valence-electron chi connectivity index (χ2n) is 5.11. The number of rotatable bonds is 3. The van der Waals surface area contributed by atoms with Crippen molar-refractivity contribution in [2.24, 2.45) is 4.99 Å². The number of aliphatic imine (C=N–C) groups is 1. The molecule has 5 nitrogen and oxygen atoms in total. The van der Waals surface area contributed by atoms with E-state index < -0.39 is 0 Å². The van der Waals surface area contributed by atoms with Gasteiger partial charge in [-0.05, 0) is 19.1 Å². The highest BCUT2D eigenvalue weighted by atomic mass is 32.2. The molecule has 6 heteroatoms. The smallest absolute Gasteiger partial charge is 0.323 e. The van der Waals surface area contributed by atoms with Gasteiger partial charge in [-0.15, -0.1) is 11.8 Å². The molecule has 0 saturated carbocycles. The number of nitrogens with zero attached hydrogens (tertiary/aromatic N) is 1. The summed E-state index contributed by atoms with van der Waals surface area (Å²) in [5.74, 6) is 0.624. The fraction of sp³-hybridized carbons (Fsp3) is 0.571. The number of carbonyl (C=O) groups is 1. The molecule has 0 amide bonds. The molecule has 108 valence electrons. The number of nitrogens with one attached hydrogen (secondary N) is 1. The number of ether oxygens (including phenoxy) is 2. The summed E-state index contributed by atoms with van der Waals surface area (Å²) in [6, 6.07) is -0.0704. The zero-order chi connectivity index (χ0) is 14.1. The van der Waals surface area contributed by atoms with Gasteiger partial charge in [0, 0.05) is 13.0 Å². The molecule has 2 aliphatic heterocycles. The molecule has 0 aromatic carbocycles. The van der Waals surface area contributed by atoms with Gasteiger partial charge in [0.15, 0.2) is 0 Å². The maximum atomic E-state index is 11.4. The highest BCUT2D eigenvalue weighted by molar-refractivity contribution is 8.14. The average molecular weight is 294 g/mol. The van der Waals surface area contributed by atoms with E-state index in [1.807, 2.05) is 13.0 Å². The third-order valence-electron chi connectivity index (χ3n) is 3.64. The molecule has 20 heavy (non-hydrogen) atoms. The summed E-state index contributed by atoms with van der Waals surface area (Å²) in [6.07, 6.45) is 6.87. The molecule has 0 aromatic rings. The SMILES string of the molecule is COC(=O)[C@@H]1C[C@H](OC2=C[C@@H]3N=C(C)S[C@H]3C=C2)CN1. The molecule has 0 aromatic heterocycles. The van der Waals surface area contributed by atoms with Crippen molar-refractivity contribution in [3.05, 3.63) is 24.0 Å². The van der Waals surface area contributed by atoms with Crippen LogP contribution in [0.1, 0.15) is 13.3 Å². The number of thioether (sulfide) groups is 1. The molecule has 3 rings (SSSR count). The Bertz CT molecular complexity index is 501. The van der Waals surface area contributed by atoms with Crippen molar-refractivity contribution in [2.45, 2.75) is 36.8 Å². The third kappa shape index (κ3) is 2.76. The predicted octanol–water partition coefficient (Wildman–Crippen LogP) is 1.26. The van der Waals surface area contributed by atoms with E-state index in [0.717, 1.165) is 10.8 Å². The summed E-state index contributed by atoms with van der Waals surface area (Å²) >= 11 is 1.79. The summed E-state index contributed by atoms with van der Waals surface area (Å²) in [7, 11) is 1.41. The van der Waals surface area contributed by atoms with Crippen LogP contribution in [0.15, 0.2) is 29.0 Å². The lowest BCUT2D eigenvalue weighted by Gasteiger charge is -2.20. The van der Waals surface area contributed by atoms with E-state index in [1.165, 1.54) is 7.11 Å². The summed E-state index contributed by atoms with van der Waals surface area (Å²) < 4.78 is 10.7. The van der Waals surface area contributed by atoms with Crippen LogP contribution < -0.4 is 5.32 Å². The van der Waals surface area contributed by atoms with E-state index in [4.69, 9.17) is 9.47 Å². The molecular formula is C14H18N2O3S.